The van der Waals surface area contributed by atoms with Gasteiger partial charge in [-0.15, -0.1) is 0 Å². The lowest BCUT2D eigenvalue weighted by Gasteiger charge is -2.44. The molecule has 3 N–H and O–H groups in total. The quantitative estimate of drug-likeness (QED) is 0.639. The molecule has 8 heteroatoms. The second-order valence-corrected chi connectivity index (χ2v) is 6.56. The van der Waals surface area contributed by atoms with Gasteiger partial charge in [-0.1, -0.05) is 12.7 Å². The van der Waals surface area contributed by atoms with Crippen molar-refractivity contribution in [2.75, 3.05) is 13.2 Å². The Labute approximate surface area is 135 Å². The van der Waals surface area contributed by atoms with Crippen LogP contribution < -0.4 is 10.6 Å². The fourth-order valence-corrected chi connectivity index (χ4v) is 2.31. The van der Waals surface area contributed by atoms with E-state index in [0.29, 0.717) is 0 Å². The highest BCUT2D eigenvalue weighted by Crippen LogP contribution is 2.38. The summed E-state index contributed by atoms with van der Waals surface area (Å²) in [5, 5.41) is 14.3. The third-order valence-electron chi connectivity index (χ3n) is 3.29. The summed E-state index contributed by atoms with van der Waals surface area (Å²) in [5.74, 6) is -1.17. The Morgan fingerprint density at radius 3 is 2.39 bits per heavy atom. The molecule has 0 radical (unpaired) electrons. The summed E-state index contributed by atoms with van der Waals surface area (Å²) in [6.45, 7) is 8.90. The molecule has 2 amide bonds. The van der Waals surface area contributed by atoms with Gasteiger partial charge in [-0.3, -0.25) is 0 Å². The summed E-state index contributed by atoms with van der Waals surface area (Å²) in [6, 6.07) is 0. The van der Waals surface area contributed by atoms with Crippen molar-refractivity contribution in [3.63, 3.8) is 0 Å². The Balaban J connectivity index is 2.45. The summed E-state index contributed by atoms with van der Waals surface area (Å²) in [7, 11) is 0. The molecule has 1 rings (SSSR count). The van der Waals surface area contributed by atoms with Crippen molar-refractivity contribution >= 4 is 18.2 Å². The fraction of sp³-hybridized carbons (Fsp3) is 0.667. The van der Waals surface area contributed by atoms with Crippen LogP contribution in [0.1, 0.15) is 33.6 Å². The maximum Gasteiger partial charge on any atom is 0.408 e. The molecule has 0 spiro atoms. The van der Waals surface area contributed by atoms with E-state index in [0.717, 1.165) is 0 Å². The van der Waals surface area contributed by atoms with Crippen LogP contribution in [0.15, 0.2) is 12.7 Å². The number of carboxylic acid groups (broad SMARTS) is 1. The van der Waals surface area contributed by atoms with Gasteiger partial charge >= 0.3 is 18.2 Å². The molecule has 8 nitrogen and oxygen atoms in total. The molecule has 1 aliphatic rings. The number of ether oxygens (including phenoxy) is 2. The predicted molar refractivity (Wildman–Crippen MR) is 82.0 cm³/mol. The summed E-state index contributed by atoms with van der Waals surface area (Å²) in [5.41, 5.74) is -2.05. The summed E-state index contributed by atoms with van der Waals surface area (Å²) < 4.78 is 9.84. The van der Waals surface area contributed by atoms with Gasteiger partial charge in [0.05, 0.1) is 0 Å². The monoisotopic (exact) mass is 328 g/mol. The SMILES string of the molecule is C=CCOC(=O)NCC1CC(NC(=O)OC(C)(C)C)(C(=O)O)C1. The topological polar surface area (TPSA) is 114 Å². The largest absolute Gasteiger partial charge is 0.480 e. The predicted octanol–water partition coefficient (Wildman–Crippen LogP) is 1.66. The van der Waals surface area contributed by atoms with Crippen molar-refractivity contribution in [2.45, 2.75) is 44.8 Å². The first kappa shape index (κ1) is 18.8. The first-order chi connectivity index (χ1) is 10.6. The third-order valence-corrected chi connectivity index (χ3v) is 3.29. The minimum absolute atomic E-state index is 0.0580. The van der Waals surface area contributed by atoms with Crippen molar-refractivity contribution in [1.29, 1.82) is 0 Å². The van der Waals surface area contributed by atoms with Gasteiger partial charge in [0.15, 0.2) is 0 Å². The lowest BCUT2D eigenvalue weighted by atomic mass is 9.68. The van der Waals surface area contributed by atoms with Gasteiger partial charge in [0.2, 0.25) is 0 Å². The highest BCUT2D eigenvalue weighted by Gasteiger charge is 2.52. The number of rotatable bonds is 6. The van der Waals surface area contributed by atoms with Crippen LogP contribution in [-0.2, 0) is 14.3 Å². The molecule has 0 unspecified atom stereocenters. The Hall–Kier alpha value is -2.25. The zero-order chi connectivity index (χ0) is 17.7. The highest BCUT2D eigenvalue weighted by molar-refractivity contribution is 5.85. The minimum Gasteiger partial charge on any atom is -0.480 e. The minimum atomic E-state index is -1.35. The molecule has 0 aliphatic heterocycles. The molecular formula is C15H24N2O6. The molecule has 0 aromatic carbocycles. The average molecular weight is 328 g/mol. The van der Waals surface area contributed by atoms with Gasteiger partial charge in [0, 0.05) is 6.54 Å². The van der Waals surface area contributed by atoms with Crippen LogP contribution in [0.2, 0.25) is 0 Å². The number of amides is 2. The second kappa shape index (κ2) is 7.34. The number of hydrogen-bond acceptors (Lipinski definition) is 5. The molecule has 130 valence electrons. The van der Waals surface area contributed by atoms with E-state index in [9.17, 15) is 19.5 Å². The van der Waals surface area contributed by atoms with Gasteiger partial charge in [0.25, 0.3) is 0 Å². The van der Waals surface area contributed by atoms with E-state index in [1.165, 1.54) is 6.08 Å². The molecular weight excluding hydrogens is 304 g/mol. The summed E-state index contributed by atoms with van der Waals surface area (Å²) in [6.07, 6.45) is 0.519. The first-order valence-electron chi connectivity index (χ1n) is 7.34. The smallest absolute Gasteiger partial charge is 0.408 e. The van der Waals surface area contributed by atoms with Gasteiger partial charge in [0.1, 0.15) is 17.7 Å². The van der Waals surface area contributed by atoms with E-state index >= 15 is 0 Å². The maximum atomic E-state index is 11.8. The number of nitrogens with one attached hydrogen (secondary N) is 2. The summed E-state index contributed by atoms with van der Waals surface area (Å²) >= 11 is 0. The van der Waals surface area contributed by atoms with E-state index in [4.69, 9.17) is 9.47 Å². The van der Waals surface area contributed by atoms with E-state index in [1.54, 1.807) is 20.8 Å². The van der Waals surface area contributed by atoms with Gasteiger partial charge < -0.3 is 25.2 Å². The Morgan fingerprint density at radius 2 is 1.91 bits per heavy atom. The van der Waals surface area contributed by atoms with Crippen molar-refractivity contribution < 1.29 is 29.0 Å². The number of hydrogen-bond donors (Lipinski definition) is 3. The average Bonchev–Trinajstić information content (AvgIpc) is 2.36. The second-order valence-electron chi connectivity index (χ2n) is 6.56. The molecule has 0 aromatic rings. The summed E-state index contributed by atoms with van der Waals surface area (Å²) in [4.78, 5) is 34.5. The Kier molecular flexibility index (Phi) is 6.00. The zero-order valence-electron chi connectivity index (χ0n) is 13.7. The molecule has 1 aliphatic carbocycles. The van der Waals surface area contributed by atoms with E-state index in [2.05, 4.69) is 17.2 Å². The van der Waals surface area contributed by atoms with Crippen molar-refractivity contribution in [3.8, 4) is 0 Å². The van der Waals surface area contributed by atoms with Crippen LogP contribution in [0.25, 0.3) is 0 Å². The third kappa shape index (κ3) is 5.80. The molecule has 0 atom stereocenters. The van der Waals surface area contributed by atoms with Crippen molar-refractivity contribution in [1.82, 2.24) is 10.6 Å². The lowest BCUT2D eigenvalue weighted by molar-refractivity contribution is -0.151. The zero-order valence-corrected chi connectivity index (χ0v) is 13.7. The number of aliphatic carboxylic acids is 1. The van der Waals surface area contributed by atoms with Gasteiger partial charge in [-0.05, 0) is 39.5 Å². The van der Waals surface area contributed by atoms with Crippen LogP contribution >= 0.6 is 0 Å². The first-order valence-corrected chi connectivity index (χ1v) is 7.34. The fourth-order valence-electron chi connectivity index (χ4n) is 2.31. The van der Waals surface area contributed by atoms with Crippen LogP contribution in [0.3, 0.4) is 0 Å². The van der Waals surface area contributed by atoms with Crippen LogP contribution in [0.5, 0.6) is 0 Å². The van der Waals surface area contributed by atoms with Crippen molar-refractivity contribution in [2.24, 2.45) is 5.92 Å². The Morgan fingerprint density at radius 1 is 1.30 bits per heavy atom. The molecule has 23 heavy (non-hydrogen) atoms. The van der Waals surface area contributed by atoms with Gasteiger partial charge in [-0.2, -0.15) is 0 Å². The van der Waals surface area contributed by atoms with E-state index in [-0.39, 0.29) is 31.9 Å². The molecule has 1 saturated carbocycles. The molecule has 0 saturated heterocycles. The standard InChI is InChI=1S/C15H24N2O6/c1-5-6-22-12(20)16-9-10-7-15(8-10,11(18)19)17-13(21)23-14(2,3)4/h5,10H,1,6-9H2,2-4H3,(H,16,20)(H,17,21)(H,18,19). The van der Waals surface area contributed by atoms with Gasteiger partial charge in [-0.25, -0.2) is 14.4 Å². The van der Waals surface area contributed by atoms with Crippen LogP contribution in [0, 0.1) is 5.92 Å². The Bertz CT molecular complexity index is 477. The van der Waals surface area contributed by atoms with Crippen molar-refractivity contribution in [3.05, 3.63) is 12.7 Å². The lowest BCUT2D eigenvalue weighted by Crippen LogP contribution is -2.64. The molecule has 0 heterocycles. The molecule has 0 aromatic heterocycles. The van der Waals surface area contributed by atoms with Crippen LogP contribution in [0.4, 0.5) is 9.59 Å². The number of alkyl carbamates (subject to hydrolysis) is 2. The molecule has 0 bridgehead atoms. The number of carboxylic acids is 1. The maximum absolute atomic E-state index is 11.8. The van der Waals surface area contributed by atoms with E-state index < -0.39 is 29.3 Å². The normalized spacial score (nSPS) is 23.2. The number of carbonyl (C=O) groups is 3. The van der Waals surface area contributed by atoms with E-state index in [1.807, 2.05) is 0 Å². The van der Waals surface area contributed by atoms with Crippen LogP contribution in [-0.4, -0.2) is 47.6 Å². The molecule has 1 fully saturated rings. The number of carbonyl (C=O) groups excluding carboxylic acids is 2. The highest BCUT2D eigenvalue weighted by atomic mass is 16.6.